The number of hydrogen-bond donors (Lipinski definition) is 1. The van der Waals surface area contributed by atoms with Gasteiger partial charge < -0.3 is 15.1 Å². The van der Waals surface area contributed by atoms with Crippen LogP contribution in [0.5, 0.6) is 0 Å². The van der Waals surface area contributed by atoms with E-state index in [9.17, 15) is 0 Å². The largest absolute Gasteiger partial charge is 0.378 e. The van der Waals surface area contributed by atoms with Gasteiger partial charge in [0.25, 0.3) is 0 Å². The second-order valence-electron chi connectivity index (χ2n) is 6.60. The van der Waals surface area contributed by atoms with Gasteiger partial charge in [-0.15, -0.1) is 0 Å². The summed E-state index contributed by atoms with van der Waals surface area (Å²) in [7, 11) is 4.23. The lowest BCUT2D eigenvalue weighted by Gasteiger charge is -2.34. The van der Waals surface area contributed by atoms with Crippen LogP contribution in [-0.2, 0) is 0 Å². The predicted octanol–water partition coefficient (Wildman–Crippen LogP) is 2.87. The quantitative estimate of drug-likeness (QED) is 0.894. The molecule has 1 aromatic rings. The Morgan fingerprint density at radius 1 is 1.15 bits per heavy atom. The fraction of sp³-hybridized carbons (Fsp3) is 0.647. The molecule has 2 fully saturated rings. The van der Waals surface area contributed by atoms with Gasteiger partial charge in [-0.05, 0) is 44.0 Å². The average Bonchev–Trinajstić information content (AvgIpc) is 2.79. The highest BCUT2D eigenvalue weighted by atomic mass is 15.2. The lowest BCUT2D eigenvalue weighted by Crippen LogP contribution is -2.49. The summed E-state index contributed by atoms with van der Waals surface area (Å²) in [6.45, 7) is 3.51. The molecule has 0 unspecified atom stereocenters. The Bertz CT molecular complexity index is 449. The monoisotopic (exact) mass is 273 g/mol. The molecule has 3 heteroatoms. The fourth-order valence-corrected chi connectivity index (χ4v) is 3.70. The number of nitrogens with zero attached hydrogens (tertiary/aromatic N) is 2. The summed E-state index contributed by atoms with van der Waals surface area (Å²) in [5.74, 6) is 0. The second-order valence-corrected chi connectivity index (χ2v) is 6.60. The highest BCUT2D eigenvalue weighted by molar-refractivity contribution is 5.59. The highest BCUT2D eigenvalue weighted by Crippen LogP contribution is 2.33. The van der Waals surface area contributed by atoms with Gasteiger partial charge >= 0.3 is 0 Å². The van der Waals surface area contributed by atoms with Crippen molar-refractivity contribution in [2.75, 3.05) is 43.5 Å². The molecule has 0 radical (unpaired) electrons. The van der Waals surface area contributed by atoms with Crippen LogP contribution >= 0.6 is 0 Å². The molecule has 110 valence electrons. The standard InChI is InChI=1S/C17H27N3/c1-19(2)15-7-5-8-16(13-15)20-12-6-11-18-17(14-20)9-3-4-10-17/h5,7-8,13,18H,3-4,6,9-12,14H2,1-2H3. The third-order valence-corrected chi connectivity index (χ3v) is 4.87. The molecule has 1 N–H and O–H groups in total. The second kappa shape index (κ2) is 5.65. The van der Waals surface area contributed by atoms with Gasteiger partial charge in [-0.2, -0.15) is 0 Å². The van der Waals surface area contributed by atoms with E-state index in [0.717, 1.165) is 0 Å². The van der Waals surface area contributed by atoms with Crippen molar-refractivity contribution < 1.29 is 0 Å². The minimum atomic E-state index is 0.380. The fourth-order valence-electron chi connectivity index (χ4n) is 3.70. The summed E-state index contributed by atoms with van der Waals surface area (Å²) in [5.41, 5.74) is 3.05. The highest BCUT2D eigenvalue weighted by Gasteiger charge is 2.36. The van der Waals surface area contributed by atoms with Crippen molar-refractivity contribution in [1.29, 1.82) is 0 Å². The molecule has 0 aromatic heterocycles. The molecule has 1 aliphatic heterocycles. The van der Waals surface area contributed by atoms with Crippen LogP contribution in [0.2, 0.25) is 0 Å². The molecule has 3 nitrogen and oxygen atoms in total. The number of rotatable bonds is 2. The minimum absolute atomic E-state index is 0.380. The van der Waals surface area contributed by atoms with Crippen LogP contribution in [0.3, 0.4) is 0 Å². The summed E-state index contributed by atoms with van der Waals surface area (Å²) in [6, 6.07) is 8.96. The van der Waals surface area contributed by atoms with E-state index < -0.39 is 0 Å². The molecule has 2 aliphatic rings. The van der Waals surface area contributed by atoms with Gasteiger partial charge in [0.05, 0.1) is 0 Å². The molecule has 1 aromatic carbocycles. The van der Waals surface area contributed by atoms with E-state index >= 15 is 0 Å². The Hall–Kier alpha value is -1.22. The molecule has 20 heavy (non-hydrogen) atoms. The zero-order chi connectivity index (χ0) is 14.0. The first-order chi connectivity index (χ1) is 9.69. The van der Waals surface area contributed by atoms with E-state index in [1.54, 1.807) is 0 Å². The van der Waals surface area contributed by atoms with Crippen LogP contribution in [0.4, 0.5) is 11.4 Å². The van der Waals surface area contributed by atoms with Crippen LogP contribution in [-0.4, -0.2) is 39.3 Å². The first-order valence-electron chi connectivity index (χ1n) is 7.96. The Morgan fingerprint density at radius 2 is 1.95 bits per heavy atom. The maximum atomic E-state index is 3.84. The van der Waals surface area contributed by atoms with Crippen molar-refractivity contribution in [3.05, 3.63) is 24.3 Å². The van der Waals surface area contributed by atoms with Gasteiger partial charge in [0.2, 0.25) is 0 Å². The first kappa shape index (κ1) is 13.7. The molecule has 0 amide bonds. The van der Waals surface area contributed by atoms with E-state index in [1.165, 1.54) is 63.1 Å². The molecule has 0 atom stereocenters. The predicted molar refractivity (Wildman–Crippen MR) is 86.8 cm³/mol. The zero-order valence-corrected chi connectivity index (χ0v) is 12.9. The molecule has 1 aliphatic carbocycles. The summed E-state index contributed by atoms with van der Waals surface area (Å²) in [4.78, 5) is 4.78. The Morgan fingerprint density at radius 3 is 2.70 bits per heavy atom. The van der Waals surface area contributed by atoms with Crippen molar-refractivity contribution in [3.8, 4) is 0 Å². The van der Waals surface area contributed by atoms with E-state index in [1.807, 2.05) is 0 Å². The maximum Gasteiger partial charge on any atom is 0.0387 e. The average molecular weight is 273 g/mol. The summed E-state index contributed by atoms with van der Waals surface area (Å²) >= 11 is 0. The molecule has 1 saturated carbocycles. The Balaban J connectivity index is 1.82. The molecule has 0 bridgehead atoms. The van der Waals surface area contributed by atoms with Crippen molar-refractivity contribution in [3.63, 3.8) is 0 Å². The van der Waals surface area contributed by atoms with Crippen LogP contribution in [0, 0.1) is 0 Å². The summed E-state index contributed by atoms with van der Waals surface area (Å²) in [5, 5.41) is 3.84. The van der Waals surface area contributed by atoms with Crippen molar-refractivity contribution in [2.45, 2.75) is 37.6 Å². The van der Waals surface area contributed by atoms with Crippen LogP contribution in [0.15, 0.2) is 24.3 Å². The van der Waals surface area contributed by atoms with E-state index in [2.05, 4.69) is 53.5 Å². The number of hydrogen-bond acceptors (Lipinski definition) is 3. The molecular formula is C17H27N3. The van der Waals surface area contributed by atoms with Gasteiger partial charge in [-0.25, -0.2) is 0 Å². The summed E-state index contributed by atoms with van der Waals surface area (Å²) in [6.07, 6.45) is 6.71. The van der Waals surface area contributed by atoms with Gasteiger partial charge in [0.1, 0.15) is 0 Å². The van der Waals surface area contributed by atoms with E-state index in [0.29, 0.717) is 5.54 Å². The number of benzene rings is 1. The van der Waals surface area contributed by atoms with E-state index in [-0.39, 0.29) is 0 Å². The maximum absolute atomic E-state index is 3.84. The van der Waals surface area contributed by atoms with Crippen LogP contribution < -0.4 is 15.1 Å². The van der Waals surface area contributed by atoms with Crippen LogP contribution in [0.1, 0.15) is 32.1 Å². The number of nitrogens with one attached hydrogen (secondary N) is 1. The van der Waals surface area contributed by atoms with Crippen molar-refractivity contribution in [2.24, 2.45) is 0 Å². The molecular weight excluding hydrogens is 246 g/mol. The molecule has 3 rings (SSSR count). The lowest BCUT2D eigenvalue weighted by atomic mass is 9.97. The molecule has 1 heterocycles. The summed E-state index contributed by atoms with van der Waals surface area (Å²) < 4.78 is 0. The van der Waals surface area contributed by atoms with E-state index in [4.69, 9.17) is 0 Å². The lowest BCUT2D eigenvalue weighted by molar-refractivity contribution is 0.354. The Kier molecular flexibility index (Phi) is 3.88. The van der Waals surface area contributed by atoms with Crippen molar-refractivity contribution in [1.82, 2.24) is 5.32 Å². The first-order valence-corrected chi connectivity index (χ1v) is 7.96. The molecule has 1 spiro atoms. The smallest absolute Gasteiger partial charge is 0.0387 e. The van der Waals surface area contributed by atoms with Gasteiger partial charge in [0.15, 0.2) is 0 Å². The minimum Gasteiger partial charge on any atom is -0.378 e. The SMILES string of the molecule is CN(C)c1cccc(N2CCCNC3(CCCC3)C2)c1. The third-order valence-electron chi connectivity index (χ3n) is 4.87. The van der Waals surface area contributed by atoms with Gasteiger partial charge in [-0.3, -0.25) is 0 Å². The normalized spacial score (nSPS) is 22.0. The van der Waals surface area contributed by atoms with Crippen molar-refractivity contribution >= 4 is 11.4 Å². The van der Waals surface area contributed by atoms with Gasteiger partial charge in [-0.1, -0.05) is 18.9 Å². The third kappa shape index (κ3) is 2.78. The Labute approximate surface area is 123 Å². The number of anilines is 2. The zero-order valence-electron chi connectivity index (χ0n) is 12.9. The van der Waals surface area contributed by atoms with Gasteiger partial charge in [0, 0.05) is 44.1 Å². The topological polar surface area (TPSA) is 18.5 Å². The molecule has 1 saturated heterocycles. The van der Waals surface area contributed by atoms with Crippen LogP contribution in [0.25, 0.3) is 0 Å².